The normalized spacial score (nSPS) is 15.6. The molecule has 1 fully saturated rings. The zero-order chi connectivity index (χ0) is 17.2. The fourth-order valence-corrected chi connectivity index (χ4v) is 4.40. The second-order valence-corrected chi connectivity index (χ2v) is 7.49. The van der Waals surface area contributed by atoms with Crippen LogP contribution < -0.4 is 9.47 Å². The summed E-state index contributed by atoms with van der Waals surface area (Å²) in [5.41, 5.74) is 1.14. The molecule has 6 nitrogen and oxygen atoms in total. The van der Waals surface area contributed by atoms with Gasteiger partial charge in [0.15, 0.2) is 17.3 Å². The first-order chi connectivity index (χ1) is 12.3. The molecule has 0 unspecified atom stereocenters. The van der Waals surface area contributed by atoms with Gasteiger partial charge in [-0.1, -0.05) is 36.7 Å². The molecule has 4 rings (SSSR count). The van der Waals surface area contributed by atoms with Crippen LogP contribution in [0, 0.1) is 0 Å². The van der Waals surface area contributed by atoms with Gasteiger partial charge >= 0.3 is 0 Å². The first-order valence-electron chi connectivity index (χ1n) is 8.70. The maximum atomic E-state index is 5.39. The van der Waals surface area contributed by atoms with Gasteiger partial charge in [0.2, 0.25) is 4.96 Å². The third-order valence-electron chi connectivity index (χ3n) is 4.83. The molecule has 0 spiro atoms. The van der Waals surface area contributed by atoms with Crippen LogP contribution >= 0.6 is 11.3 Å². The van der Waals surface area contributed by atoms with Crippen molar-refractivity contribution in [2.24, 2.45) is 0 Å². The Morgan fingerprint density at radius 1 is 1.08 bits per heavy atom. The zero-order valence-electron chi connectivity index (χ0n) is 14.6. The molecule has 2 aromatic heterocycles. The van der Waals surface area contributed by atoms with E-state index in [-0.39, 0.29) is 0 Å². The lowest BCUT2D eigenvalue weighted by Gasteiger charge is -2.18. The van der Waals surface area contributed by atoms with E-state index in [2.05, 4.69) is 10.2 Å². The van der Waals surface area contributed by atoms with Crippen molar-refractivity contribution in [3.8, 4) is 11.5 Å². The van der Waals surface area contributed by atoms with E-state index in [1.54, 1.807) is 25.6 Å². The Balaban J connectivity index is 1.59. The van der Waals surface area contributed by atoms with Crippen molar-refractivity contribution in [3.05, 3.63) is 34.6 Å². The Bertz CT molecular complexity index is 867. The van der Waals surface area contributed by atoms with E-state index < -0.39 is 0 Å². The largest absolute Gasteiger partial charge is 0.493 e. The van der Waals surface area contributed by atoms with Gasteiger partial charge in [0, 0.05) is 12.3 Å². The van der Waals surface area contributed by atoms with Crippen molar-refractivity contribution in [3.63, 3.8) is 0 Å². The highest BCUT2D eigenvalue weighted by molar-refractivity contribution is 7.16. The van der Waals surface area contributed by atoms with Crippen molar-refractivity contribution >= 4 is 16.3 Å². The van der Waals surface area contributed by atoms with Gasteiger partial charge in [-0.15, -0.1) is 10.2 Å². The maximum Gasteiger partial charge on any atom is 0.234 e. The molecular weight excluding hydrogens is 336 g/mol. The first kappa shape index (κ1) is 16.3. The minimum Gasteiger partial charge on any atom is -0.493 e. The number of hydrogen-bond donors (Lipinski definition) is 0. The summed E-state index contributed by atoms with van der Waals surface area (Å²) >= 11 is 1.61. The summed E-state index contributed by atoms with van der Waals surface area (Å²) < 4.78 is 12.6. The highest BCUT2D eigenvalue weighted by atomic mass is 32.1. The summed E-state index contributed by atoms with van der Waals surface area (Å²) in [5.74, 6) is 3.01. The maximum absolute atomic E-state index is 5.39. The molecule has 1 aliphatic carbocycles. The lowest BCUT2D eigenvalue weighted by Crippen LogP contribution is -2.09. The zero-order valence-corrected chi connectivity index (χ0v) is 15.4. The van der Waals surface area contributed by atoms with Gasteiger partial charge in [-0.05, 0) is 30.5 Å². The van der Waals surface area contributed by atoms with E-state index in [0.29, 0.717) is 5.92 Å². The van der Waals surface area contributed by atoms with Crippen molar-refractivity contribution in [1.82, 2.24) is 19.8 Å². The number of aromatic nitrogens is 4. The van der Waals surface area contributed by atoms with Crippen LogP contribution in [0.4, 0.5) is 0 Å². The molecule has 1 aromatic carbocycles. The lowest BCUT2D eigenvalue weighted by molar-refractivity contribution is 0.354. The minimum absolute atomic E-state index is 0.500. The van der Waals surface area contributed by atoms with E-state index in [1.807, 2.05) is 22.7 Å². The smallest absolute Gasteiger partial charge is 0.234 e. The van der Waals surface area contributed by atoms with Crippen molar-refractivity contribution in [2.75, 3.05) is 14.2 Å². The fourth-order valence-electron chi connectivity index (χ4n) is 3.52. The predicted octanol–water partition coefficient (Wildman–Crippen LogP) is 3.84. The van der Waals surface area contributed by atoms with Crippen molar-refractivity contribution in [2.45, 2.75) is 44.4 Å². The van der Waals surface area contributed by atoms with E-state index in [1.165, 1.54) is 32.1 Å². The van der Waals surface area contributed by atoms with Gasteiger partial charge in [-0.25, -0.2) is 0 Å². The number of methoxy groups -OCH3 is 2. The first-order valence-corrected chi connectivity index (χ1v) is 9.52. The molecular formula is C18H22N4O2S. The molecule has 0 saturated heterocycles. The molecule has 25 heavy (non-hydrogen) atoms. The predicted molar refractivity (Wildman–Crippen MR) is 96.8 cm³/mol. The molecule has 0 amide bonds. The van der Waals surface area contributed by atoms with Crippen LogP contribution in [0.3, 0.4) is 0 Å². The fraction of sp³-hybridized carbons (Fsp3) is 0.500. The van der Waals surface area contributed by atoms with Crippen molar-refractivity contribution in [1.29, 1.82) is 0 Å². The minimum atomic E-state index is 0.500. The average Bonchev–Trinajstić information content (AvgIpc) is 3.22. The summed E-state index contributed by atoms with van der Waals surface area (Å²) in [6.07, 6.45) is 7.04. The van der Waals surface area contributed by atoms with Crippen LogP contribution in [0.1, 0.15) is 54.4 Å². The van der Waals surface area contributed by atoms with Gasteiger partial charge in [0.1, 0.15) is 5.01 Å². The topological polar surface area (TPSA) is 61.5 Å². The molecule has 0 bridgehead atoms. The second-order valence-electron chi connectivity index (χ2n) is 6.45. The van der Waals surface area contributed by atoms with Gasteiger partial charge in [-0.2, -0.15) is 9.61 Å². The van der Waals surface area contributed by atoms with Crippen molar-refractivity contribution < 1.29 is 9.47 Å². The highest BCUT2D eigenvalue weighted by Gasteiger charge is 2.23. The molecule has 1 aliphatic rings. The van der Waals surface area contributed by atoms with Crippen LogP contribution in [-0.4, -0.2) is 34.0 Å². The van der Waals surface area contributed by atoms with Crippen LogP contribution in [0.25, 0.3) is 4.96 Å². The quantitative estimate of drug-likeness (QED) is 0.693. The van der Waals surface area contributed by atoms with Crippen LogP contribution in [0.5, 0.6) is 11.5 Å². The number of nitrogens with zero attached hydrogens (tertiary/aromatic N) is 4. The highest BCUT2D eigenvalue weighted by Crippen LogP contribution is 2.33. The lowest BCUT2D eigenvalue weighted by atomic mass is 9.89. The number of rotatable bonds is 5. The summed E-state index contributed by atoms with van der Waals surface area (Å²) in [7, 11) is 3.30. The van der Waals surface area contributed by atoms with Gasteiger partial charge in [0.05, 0.1) is 14.2 Å². The third kappa shape index (κ3) is 3.20. The Labute approximate surface area is 150 Å². The molecule has 0 atom stereocenters. The monoisotopic (exact) mass is 358 g/mol. The number of ether oxygens (including phenoxy) is 2. The molecule has 2 heterocycles. The number of benzene rings is 1. The number of hydrogen-bond acceptors (Lipinski definition) is 6. The summed E-state index contributed by atoms with van der Waals surface area (Å²) in [6.45, 7) is 0. The van der Waals surface area contributed by atoms with Crippen LogP contribution in [-0.2, 0) is 6.42 Å². The summed E-state index contributed by atoms with van der Waals surface area (Å²) in [6, 6.07) is 5.98. The average molecular weight is 358 g/mol. The molecule has 0 radical (unpaired) electrons. The molecule has 1 saturated carbocycles. The standard InChI is InChI=1S/C18H22N4O2S/c1-23-14-9-8-12(10-15(14)24-2)11-16-21-22-17(19-20-18(22)25-16)13-6-4-3-5-7-13/h8-10,13H,3-7,11H2,1-2H3. The van der Waals surface area contributed by atoms with Crippen LogP contribution in [0.15, 0.2) is 18.2 Å². The Morgan fingerprint density at radius 2 is 1.88 bits per heavy atom. The third-order valence-corrected chi connectivity index (χ3v) is 5.73. The van der Waals surface area contributed by atoms with E-state index in [9.17, 15) is 0 Å². The molecule has 0 aliphatic heterocycles. The summed E-state index contributed by atoms with van der Waals surface area (Å²) in [4.78, 5) is 0.885. The van der Waals surface area contributed by atoms with E-state index in [4.69, 9.17) is 14.6 Å². The van der Waals surface area contributed by atoms with Gasteiger partial charge < -0.3 is 9.47 Å². The Kier molecular flexibility index (Phi) is 4.57. The molecule has 132 valence electrons. The Hall–Kier alpha value is -2.15. The Morgan fingerprint density at radius 3 is 2.64 bits per heavy atom. The van der Waals surface area contributed by atoms with E-state index >= 15 is 0 Å². The second kappa shape index (κ2) is 7.00. The van der Waals surface area contributed by atoms with Crippen LogP contribution in [0.2, 0.25) is 0 Å². The number of fused-ring (bicyclic) bond motifs is 1. The molecule has 7 heteroatoms. The van der Waals surface area contributed by atoms with E-state index in [0.717, 1.165) is 39.3 Å². The molecule has 3 aromatic rings. The SMILES string of the molecule is COc1ccc(Cc2nn3c(C4CCCCC4)nnc3s2)cc1OC. The molecule has 0 N–H and O–H groups in total. The van der Waals surface area contributed by atoms with Gasteiger partial charge in [-0.3, -0.25) is 0 Å². The van der Waals surface area contributed by atoms with Gasteiger partial charge in [0.25, 0.3) is 0 Å². The summed E-state index contributed by atoms with van der Waals surface area (Å²) in [5, 5.41) is 14.6.